The van der Waals surface area contributed by atoms with Crippen LogP contribution in [0.4, 0.5) is 0 Å². The molecule has 2 aliphatic rings. The first-order chi connectivity index (χ1) is 11.7. The minimum atomic E-state index is -0.911. The molecule has 0 amide bonds. The van der Waals surface area contributed by atoms with Gasteiger partial charge in [-0.15, -0.1) is 0 Å². The predicted molar refractivity (Wildman–Crippen MR) is 90.6 cm³/mol. The van der Waals surface area contributed by atoms with E-state index in [4.69, 9.17) is 4.74 Å². The fraction of sp³-hybridized carbons (Fsp3) is 0.765. The van der Waals surface area contributed by atoms with Crippen molar-refractivity contribution in [3.63, 3.8) is 0 Å². The van der Waals surface area contributed by atoms with Crippen molar-refractivity contribution in [3.05, 3.63) is 17.0 Å². The molecule has 0 aromatic carbocycles. The van der Waals surface area contributed by atoms with Crippen molar-refractivity contribution >= 4 is 5.97 Å². The van der Waals surface area contributed by atoms with Crippen molar-refractivity contribution in [2.45, 2.75) is 45.2 Å². The molecular weight excluding hydrogens is 308 g/mol. The van der Waals surface area contributed by atoms with Crippen LogP contribution in [-0.4, -0.2) is 71.2 Å². The van der Waals surface area contributed by atoms with Crippen LogP contribution in [0.5, 0.6) is 0 Å². The highest BCUT2D eigenvalue weighted by atomic mass is 16.5. The van der Waals surface area contributed by atoms with E-state index in [2.05, 4.69) is 15.3 Å². The molecule has 0 saturated carbocycles. The predicted octanol–water partition coefficient (Wildman–Crippen LogP) is 0.770. The Kier molecular flexibility index (Phi) is 5.86. The number of carbonyl (C=O) groups is 1. The highest BCUT2D eigenvalue weighted by Gasteiger charge is 2.28. The van der Waals surface area contributed by atoms with E-state index in [1.54, 1.807) is 0 Å². The van der Waals surface area contributed by atoms with Gasteiger partial charge in [-0.2, -0.15) is 5.10 Å². The molecule has 1 atom stereocenters. The van der Waals surface area contributed by atoms with Gasteiger partial charge in [-0.25, -0.2) is 4.79 Å². The maximum absolute atomic E-state index is 11.4. The number of nitrogens with one attached hydrogen (secondary N) is 1. The molecule has 2 heterocycles. The van der Waals surface area contributed by atoms with E-state index < -0.39 is 5.97 Å². The van der Waals surface area contributed by atoms with Crippen LogP contribution in [0.3, 0.4) is 0 Å². The zero-order valence-corrected chi connectivity index (χ0v) is 14.5. The Morgan fingerprint density at radius 2 is 2.21 bits per heavy atom. The van der Waals surface area contributed by atoms with Crippen LogP contribution < -0.4 is 5.32 Å². The number of carboxylic acids is 1. The van der Waals surface area contributed by atoms with E-state index in [-0.39, 0.29) is 5.69 Å². The van der Waals surface area contributed by atoms with E-state index in [0.717, 1.165) is 82.9 Å². The van der Waals surface area contributed by atoms with Gasteiger partial charge in [0.2, 0.25) is 0 Å². The number of aromatic nitrogens is 2. The van der Waals surface area contributed by atoms with Crippen LogP contribution in [0.1, 0.15) is 41.5 Å². The first-order valence-electron chi connectivity index (χ1n) is 9.04. The Morgan fingerprint density at radius 1 is 1.42 bits per heavy atom. The van der Waals surface area contributed by atoms with Crippen LogP contribution in [0.15, 0.2) is 0 Å². The molecule has 3 rings (SSSR count). The third-order valence-electron chi connectivity index (χ3n) is 5.04. The molecule has 2 N–H and O–H groups in total. The Balaban J connectivity index is 1.49. The molecule has 24 heavy (non-hydrogen) atoms. The Labute approximate surface area is 143 Å². The van der Waals surface area contributed by atoms with Crippen LogP contribution in [0, 0.1) is 0 Å². The summed E-state index contributed by atoms with van der Waals surface area (Å²) in [5.74, 6) is -0.911. The van der Waals surface area contributed by atoms with Gasteiger partial charge in [0.1, 0.15) is 0 Å². The minimum absolute atomic E-state index is 0.242. The lowest BCUT2D eigenvalue weighted by Gasteiger charge is -2.27. The molecule has 0 spiro atoms. The summed E-state index contributed by atoms with van der Waals surface area (Å²) in [7, 11) is 0. The second kappa shape index (κ2) is 8.09. The van der Waals surface area contributed by atoms with E-state index in [9.17, 15) is 9.90 Å². The van der Waals surface area contributed by atoms with Gasteiger partial charge in [0.15, 0.2) is 5.69 Å². The maximum atomic E-state index is 11.4. The minimum Gasteiger partial charge on any atom is -0.476 e. The number of rotatable bonds is 7. The number of fused-ring (bicyclic) bond motifs is 1. The Hall–Kier alpha value is -1.44. The number of hydrogen-bond donors (Lipinski definition) is 2. The quantitative estimate of drug-likeness (QED) is 0.716. The topological polar surface area (TPSA) is 79.6 Å². The number of aryl methyl sites for hydroxylation is 1. The number of hydrogen-bond acceptors (Lipinski definition) is 5. The van der Waals surface area contributed by atoms with Gasteiger partial charge in [0.05, 0.1) is 13.2 Å². The average Bonchev–Trinajstić information content (AvgIpc) is 2.98. The van der Waals surface area contributed by atoms with Gasteiger partial charge >= 0.3 is 5.97 Å². The van der Waals surface area contributed by atoms with E-state index in [1.807, 2.05) is 11.6 Å². The number of nitrogens with zero attached hydrogens (tertiary/aromatic N) is 3. The van der Waals surface area contributed by atoms with Gasteiger partial charge in [0.25, 0.3) is 0 Å². The second-order valence-electron chi connectivity index (χ2n) is 6.60. The molecule has 134 valence electrons. The molecule has 7 heteroatoms. The number of carboxylic acid groups (broad SMARTS) is 1. The lowest BCUT2D eigenvalue weighted by atomic mass is 9.91. The van der Waals surface area contributed by atoms with Crippen LogP contribution >= 0.6 is 0 Å². The third kappa shape index (κ3) is 3.96. The SMILES string of the molecule is CCn1nc(C(=O)O)c2c1CCC(NCCCN1CCOCC1)C2. The summed E-state index contributed by atoms with van der Waals surface area (Å²) >= 11 is 0. The normalized spacial score (nSPS) is 21.6. The van der Waals surface area contributed by atoms with Crippen LogP contribution in [-0.2, 0) is 24.1 Å². The van der Waals surface area contributed by atoms with Crippen LogP contribution in [0.25, 0.3) is 0 Å². The standard InChI is InChI=1S/C17H28N4O3/c1-2-21-15-5-4-13(12-14(15)16(19-21)17(22)23)18-6-3-7-20-8-10-24-11-9-20/h13,18H,2-12H2,1H3,(H,22,23). The zero-order valence-electron chi connectivity index (χ0n) is 14.5. The van der Waals surface area contributed by atoms with E-state index in [1.165, 1.54) is 0 Å². The van der Waals surface area contributed by atoms with Gasteiger partial charge < -0.3 is 15.2 Å². The fourth-order valence-corrected chi connectivity index (χ4v) is 3.73. The van der Waals surface area contributed by atoms with Gasteiger partial charge in [-0.05, 0) is 45.7 Å². The molecule has 1 aliphatic heterocycles. The first kappa shape index (κ1) is 17.4. The van der Waals surface area contributed by atoms with Crippen molar-refractivity contribution in [2.24, 2.45) is 0 Å². The van der Waals surface area contributed by atoms with E-state index >= 15 is 0 Å². The third-order valence-corrected chi connectivity index (χ3v) is 5.04. The fourth-order valence-electron chi connectivity index (χ4n) is 3.73. The number of morpholine rings is 1. The summed E-state index contributed by atoms with van der Waals surface area (Å²) in [6, 6.07) is 0.356. The molecule has 1 aliphatic carbocycles. The largest absolute Gasteiger partial charge is 0.476 e. The summed E-state index contributed by atoms with van der Waals surface area (Å²) in [5, 5.41) is 17.3. The molecule has 0 bridgehead atoms. The summed E-state index contributed by atoms with van der Waals surface area (Å²) in [6.45, 7) is 8.57. The maximum Gasteiger partial charge on any atom is 0.356 e. The van der Waals surface area contributed by atoms with Crippen LogP contribution in [0.2, 0.25) is 0 Å². The highest BCUT2D eigenvalue weighted by molar-refractivity contribution is 5.87. The second-order valence-corrected chi connectivity index (χ2v) is 6.60. The molecule has 1 aromatic heterocycles. The first-order valence-corrected chi connectivity index (χ1v) is 9.04. The van der Waals surface area contributed by atoms with Gasteiger partial charge in [-0.3, -0.25) is 9.58 Å². The van der Waals surface area contributed by atoms with Crippen molar-refractivity contribution in [3.8, 4) is 0 Å². The number of ether oxygens (including phenoxy) is 1. The number of aromatic carboxylic acids is 1. The van der Waals surface area contributed by atoms with Crippen molar-refractivity contribution in [2.75, 3.05) is 39.4 Å². The molecule has 1 saturated heterocycles. The Bertz CT molecular complexity index is 566. The summed E-state index contributed by atoms with van der Waals surface area (Å²) in [6.07, 6.45) is 3.85. The zero-order chi connectivity index (χ0) is 16.9. The highest BCUT2D eigenvalue weighted by Crippen LogP contribution is 2.25. The van der Waals surface area contributed by atoms with E-state index in [0.29, 0.717) is 6.04 Å². The van der Waals surface area contributed by atoms with Crippen molar-refractivity contribution < 1.29 is 14.6 Å². The smallest absolute Gasteiger partial charge is 0.356 e. The monoisotopic (exact) mass is 336 g/mol. The molecular formula is C17H28N4O3. The molecule has 1 aromatic rings. The van der Waals surface area contributed by atoms with Gasteiger partial charge in [0, 0.05) is 36.9 Å². The molecule has 7 nitrogen and oxygen atoms in total. The molecule has 1 unspecified atom stereocenters. The van der Waals surface area contributed by atoms with Gasteiger partial charge in [-0.1, -0.05) is 0 Å². The van der Waals surface area contributed by atoms with Crippen molar-refractivity contribution in [1.29, 1.82) is 0 Å². The summed E-state index contributed by atoms with van der Waals surface area (Å²) in [5.41, 5.74) is 2.29. The summed E-state index contributed by atoms with van der Waals surface area (Å²) in [4.78, 5) is 13.9. The average molecular weight is 336 g/mol. The molecule has 1 fully saturated rings. The Morgan fingerprint density at radius 3 is 2.92 bits per heavy atom. The molecule has 0 radical (unpaired) electrons. The lowest BCUT2D eigenvalue weighted by molar-refractivity contribution is 0.0373. The lowest BCUT2D eigenvalue weighted by Crippen LogP contribution is -2.39. The summed E-state index contributed by atoms with van der Waals surface area (Å²) < 4.78 is 7.22. The van der Waals surface area contributed by atoms with Crippen molar-refractivity contribution in [1.82, 2.24) is 20.0 Å².